The van der Waals surface area contributed by atoms with Gasteiger partial charge in [0.1, 0.15) is 0 Å². The molecule has 3 nitrogen and oxygen atoms in total. The molecular weight excluding hydrogens is 236 g/mol. The summed E-state index contributed by atoms with van der Waals surface area (Å²) >= 11 is 0. The predicted octanol–water partition coefficient (Wildman–Crippen LogP) is 3.04. The van der Waals surface area contributed by atoms with Gasteiger partial charge in [0.2, 0.25) is 0 Å². The molecule has 0 bridgehead atoms. The van der Waals surface area contributed by atoms with E-state index < -0.39 is 0 Å². The van der Waals surface area contributed by atoms with E-state index in [0.29, 0.717) is 6.61 Å². The van der Waals surface area contributed by atoms with E-state index in [2.05, 4.69) is 35.3 Å². The van der Waals surface area contributed by atoms with Crippen LogP contribution in [-0.2, 0) is 11.3 Å². The summed E-state index contributed by atoms with van der Waals surface area (Å²) in [5.74, 6) is 0. The van der Waals surface area contributed by atoms with Gasteiger partial charge in [-0.1, -0.05) is 18.2 Å². The smallest absolute Gasteiger partial charge is 0.0736 e. The Morgan fingerprint density at radius 3 is 2.79 bits per heavy atom. The molecule has 0 atom stereocenters. The molecule has 1 heterocycles. The Bertz CT molecular complexity index is 386. The van der Waals surface area contributed by atoms with E-state index in [-0.39, 0.29) is 0 Å². The number of para-hydroxylation sites is 1. The van der Waals surface area contributed by atoms with Crippen LogP contribution in [0.25, 0.3) is 0 Å². The highest BCUT2D eigenvalue weighted by molar-refractivity contribution is 5.57. The fraction of sp³-hybridized carbons (Fsp3) is 0.625. The zero-order valence-electron chi connectivity index (χ0n) is 12.2. The lowest BCUT2D eigenvalue weighted by molar-refractivity contribution is 0.134. The van der Waals surface area contributed by atoms with Gasteiger partial charge in [0, 0.05) is 30.9 Å². The van der Waals surface area contributed by atoms with E-state index in [9.17, 15) is 0 Å². The molecule has 1 aliphatic rings. The molecule has 0 aliphatic carbocycles. The SMILES string of the molecule is CCOCc1cccc(C)c1NCCN1CCCC1. The van der Waals surface area contributed by atoms with Crippen LogP contribution in [0, 0.1) is 6.92 Å². The molecule has 3 heteroatoms. The first-order chi connectivity index (χ1) is 9.31. The second-order valence-electron chi connectivity index (χ2n) is 5.22. The van der Waals surface area contributed by atoms with E-state index in [1.54, 1.807) is 0 Å². The van der Waals surface area contributed by atoms with Crippen LogP contribution in [0.3, 0.4) is 0 Å². The molecule has 1 fully saturated rings. The molecule has 0 saturated carbocycles. The first-order valence-corrected chi connectivity index (χ1v) is 7.43. The van der Waals surface area contributed by atoms with Gasteiger partial charge in [0.15, 0.2) is 0 Å². The number of rotatable bonds is 7. The largest absolute Gasteiger partial charge is 0.383 e. The summed E-state index contributed by atoms with van der Waals surface area (Å²) in [6.07, 6.45) is 2.72. The van der Waals surface area contributed by atoms with Crippen molar-refractivity contribution >= 4 is 5.69 Å². The molecule has 0 aromatic heterocycles. The highest BCUT2D eigenvalue weighted by atomic mass is 16.5. The fourth-order valence-electron chi connectivity index (χ4n) is 2.66. The number of hydrogen-bond donors (Lipinski definition) is 1. The van der Waals surface area contributed by atoms with Crippen molar-refractivity contribution in [2.45, 2.75) is 33.3 Å². The van der Waals surface area contributed by atoms with Crippen LogP contribution in [0.15, 0.2) is 18.2 Å². The van der Waals surface area contributed by atoms with Crippen molar-refractivity contribution in [1.82, 2.24) is 4.90 Å². The predicted molar refractivity (Wildman–Crippen MR) is 80.7 cm³/mol. The molecule has 0 amide bonds. The fourth-order valence-corrected chi connectivity index (χ4v) is 2.66. The molecule has 1 aromatic rings. The van der Waals surface area contributed by atoms with E-state index in [1.807, 2.05) is 6.92 Å². The van der Waals surface area contributed by atoms with Crippen LogP contribution in [0.5, 0.6) is 0 Å². The van der Waals surface area contributed by atoms with Crippen LogP contribution in [-0.4, -0.2) is 37.7 Å². The molecule has 1 N–H and O–H groups in total. The number of hydrogen-bond acceptors (Lipinski definition) is 3. The van der Waals surface area contributed by atoms with Crippen molar-refractivity contribution < 1.29 is 4.74 Å². The number of nitrogens with one attached hydrogen (secondary N) is 1. The molecule has 19 heavy (non-hydrogen) atoms. The summed E-state index contributed by atoms with van der Waals surface area (Å²) in [4.78, 5) is 2.54. The average Bonchev–Trinajstić information content (AvgIpc) is 2.92. The van der Waals surface area contributed by atoms with Crippen LogP contribution in [0.2, 0.25) is 0 Å². The van der Waals surface area contributed by atoms with Gasteiger partial charge in [0.05, 0.1) is 6.61 Å². The van der Waals surface area contributed by atoms with Crippen LogP contribution >= 0.6 is 0 Å². The molecule has 0 unspecified atom stereocenters. The van der Waals surface area contributed by atoms with Crippen molar-refractivity contribution in [1.29, 1.82) is 0 Å². The van der Waals surface area contributed by atoms with Gasteiger partial charge >= 0.3 is 0 Å². The van der Waals surface area contributed by atoms with E-state index >= 15 is 0 Å². The monoisotopic (exact) mass is 262 g/mol. The van der Waals surface area contributed by atoms with Gasteiger partial charge in [0.25, 0.3) is 0 Å². The van der Waals surface area contributed by atoms with Gasteiger partial charge < -0.3 is 15.0 Å². The standard InChI is InChI=1S/C16H26N2O/c1-3-19-13-15-8-6-7-14(2)16(15)17-9-12-18-10-4-5-11-18/h6-8,17H,3-5,9-13H2,1-2H3. The Morgan fingerprint density at radius 1 is 1.26 bits per heavy atom. The number of nitrogens with zero attached hydrogens (tertiary/aromatic N) is 1. The number of benzene rings is 1. The van der Waals surface area contributed by atoms with Gasteiger partial charge in [-0.05, 0) is 45.3 Å². The Kier molecular flexibility index (Phi) is 5.67. The zero-order valence-corrected chi connectivity index (χ0v) is 12.2. The maximum atomic E-state index is 5.54. The number of likely N-dealkylation sites (tertiary alicyclic amines) is 1. The Balaban J connectivity index is 1.89. The minimum Gasteiger partial charge on any atom is -0.383 e. The Morgan fingerprint density at radius 2 is 2.05 bits per heavy atom. The molecule has 1 saturated heterocycles. The van der Waals surface area contributed by atoms with Crippen molar-refractivity contribution in [3.05, 3.63) is 29.3 Å². The Labute approximate surface area is 116 Å². The number of aryl methyl sites for hydroxylation is 1. The van der Waals surface area contributed by atoms with Gasteiger partial charge in [-0.2, -0.15) is 0 Å². The summed E-state index contributed by atoms with van der Waals surface area (Å²) in [5.41, 5.74) is 3.83. The van der Waals surface area contributed by atoms with Crippen LogP contribution in [0.4, 0.5) is 5.69 Å². The second kappa shape index (κ2) is 7.51. The zero-order chi connectivity index (χ0) is 13.5. The van der Waals surface area contributed by atoms with Gasteiger partial charge in [-0.3, -0.25) is 0 Å². The maximum absolute atomic E-state index is 5.54. The summed E-state index contributed by atoms with van der Waals surface area (Å²) in [6.45, 7) is 10.4. The molecule has 1 aromatic carbocycles. The van der Waals surface area contributed by atoms with Crippen LogP contribution < -0.4 is 5.32 Å². The molecule has 1 aliphatic heterocycles. The normalized spacial score (nSPS) is 15.9. The minimum atomic E-state index is 0.699. The molecule has 0 spiro atoms. The van der Waals surface area contributed by atoms with E-state index in [4.69, 9.17) is 4.74 Å². The quantitative estimate of drug-likeness (QED) is 0.817. The number of anilines is 1. The third-order valence-corrected chi connectivity index (χ3v) is 3.75. The second-order valence-corrected chi connectivity index (χ2v) is 5.22. The van der Waals surface area contributed by atoms with Crippen molar-refractivity contribution in [3.63, 3.8) is 0 Å². The lowest BCUT2D eigenvalue weighted by Crippen LogP contribution is -2.26. The van der Waals surface area contributed by atoms with E-state index in [0.717, 1.165) is 19.7 Å². The average molecular weight is 262 g/mol. The molecule has 106 valence electrons. The highest BCUT2D eigenvalue weighted by Gasteiger charge is 2.11. The third-order valence-electron chi connectivity index (χ3n) is 3.75. The first-order valence-electron chi connectivity index (χ1n) is 7.43. The first kappa shape index (κ1) is 14.4. The summed E-state index contributed by atoms with van der Waals surface area (Å²) in [7, 11) is 0. The number of ether oxygens (including phenoxy) is 1. The molecule has 0 radical (unpaired) electrons. The lowest BCUT2D eigenvalue weighted by Gasteiger charge is -2.18. The molecular formula is C16H26N2O. The third kappa shape index (κ3) is 4.22. The van der Waals surface area contributed by atoms with E-state index in [1.165, 1.54) is 42.7 Å². The summed E-state index contributed by atoms with van der Waals surface area (Å²) in [5, 5.41) is 3.60. The maximum Gasteiger partial charge on any atom is 0.0736 e. The highest BCUT2D eigenvalue weighted by Crippen LogP contribution is 2.21. The minimum absolute atomic E-state index is 0.699. The topological polar surface area (TPSA) is 24.5 Å². The van der Waals surface area contributed by atoms with Crippen molar-refractivity contribution in [3.8, 4) is 0 Å². The van der Waals surface area contributed by atoms with Crippen LogP contribution in [0.1, 0.15) is 30.9 Å². The van der Waals surface area contributed by atoms with Crippen molar-refractivity contribution in [2.24, 2.45) is 0 Å². The Hall–Kier alpha value is -1.06. The van der Waals surface area contributed by atoms with Gasteiger partial charge in [-0.15, -0.1) is 0 Å². The van der Waals surface area contributed by atoms with Gasteiger partial charge in [-0.25, -0.2) is 0 Å². The molecule has 2 rings (SSSR count). The van der Waals surface area contributed by atoms with Crippen molar-refractivity contribution in [2.75, 3.05) is 38.1 Å². The summed E-state index contributed by atoms with van der Waals surface area (Å²) in [6, 6.07) is 6.42. The summed E-state index contributed by atoms with van der Waals surface area (Å²) < 4.78 is 5.54. The lowest BCUT2D eigenvalue weighted by atomic mass is 10.1.